The third-order valence-electron chi connectivity index (χ3n) is 6.41. The van der Waals surface area contributed by atoms with E-state index in [0.717, 1.165) is 5.92 Å². The molecule has 1 heterocycles. The summed E-state index contributed by atoms with van der Waals surface area (Å²) < 4.78 is 10.7. The summed E-state index contributed by atoms with van der Waals surface area (Å²) in [6.07, 6.45) is 5.58. The molecule has 2 bridgehead atoms. The van der Waals surface area contributed by atoms with Gasteiger partial charge in [0.1, 0.15) is 0 Å². The number of para-hydroxylation sites is 1. The number of hydrogen-bond donors (Lipinski definition) is 2. The molecule has 3 aliphatic rings. The van der Waals surface area contributed by atoms with Crippen molar-refractivity contribution in [1.29, 1.82) is 0 Å². The minimum absolute atomic E-state index is 0.00844. The number of fused-ring (bicyclic) bond motifs is 3. The third kappa shape index (κ3) is 3.67. The van der Waals surface area contributed by atoms with Crippen molar-refractivity contribution in [2.45, 2.75) is 32.1 Å². The highest BCUT2D eigenvalue weighted by Gasteiger charge is 2.40. The van der Waals surface area contributed by atoms with Gasteiger partial charge in [-0.2, -0.15) is 0 Å². The van der Waals surface area contributed by atoms with E-state index in [1.54, 1.807) is 36.4 Å². The summed E-state index contributed by atoms with van der Waals surface area (Å²) in [5.74, 6) is 2.99. The van der Waals surface area contributed by atoms with Crippen molar-refractivity contribution in [2.75, 3.05) is 17.4 Å². The van der Waals surface area contributed by atoms with Crippen molar-refractivity contribution in [2.24, 2.45) is 17.8 Å². The van der Waals surface area contributed by atoms with Crippen LogP contribution in [0.2, 0.25) is 0 Å². The lowest BCUT2D eigenvalue weighted by Crippen LogP contribution is -2.22. The molecule has 2 amide bonds. The van der Waals surface area contributed by atoms with E-state index >= 15 is 0 Å². The molecular formula is C23H24N2O4. The van der Waals surface area contributed by atoms with E-state index in [4.69, 9.17) is 9.47 Å². The molecular weight excluding hydrogens is 368 g/mol. The maximum atomic E-state index is 12.8. The number of amides is 2. The fraction of sp³-hybridized carbons (Fsp3) is 0.391. The topological polar surface area (TPSA) is 76.7 Å². The van der Waals surface area contributed by atoms with Crippen molar-refractivity contribution >= 4 is 23.2 Å². The zero-order valence-electron chi connectivity index (χ0n) is 16.1. The minimum atomic E-state index is -0.278. The maximum absolute atomic E-state index is 12.8. The van der Waals surface area contributed by atoms with E-state index in [0.29, 0.717) is 46.7 Å². The quantitative estimate of drug-likeness (QED) is 0.789. The molecule has 1 aliphatic heterocycles. The Morgan fingerprint density at radius 1 is 0.966 bits per heavy atom. The molecule has 29 heavy (non-hydrogen) atoms. The summed E-state index contributed by atoms with van der Waals surface area (Å²) in [4.78, 5) is 25.5. The van der Waals surface area contributed by atoms with Crippen LogP contribution >= 0.6 is 0 Å². The Kier molecular flexibility index (Phi) is 4.62. The van der Waals surface area contributed by atoms with Crippen LogP contribution in [0.4, 0.5) is 11.4 Å². The molecule has 5 rings (SSSR count). The van der Waals surface area contributed by atoms with Crippen LogP contribution in [0, 0.1) is 17.8 Å². The second-order valence-corrected chi connectivity index (χ2v) is 8.25. The summed E-state index contributed by atoms with van der Waals surface area (Å²) in [5.41, 5.74) is 1.59. The van der Waals surface area contributed by atoms with Crippen molar-refractivity contribution in [3.8, 4) is 11.5 Å². The molecule has 2 aromatic rings. The van der Waals surface area contributed by atoms with Gasteiger partial charge in [0.2, 0.25) is 12.7 Å². The number of carbonyl (C=O) groups is 2. The standard InChI is InChI=1S/C23H24N2O4/c26-22(11-16-10-14-5-6-15(16)9-14)25-19-4-2-1-3-18(19)23(27)24-17-7-8-20-21(12-17)29-13-28-20/h1-4,7-8,12,14-16H,5-6,9-11,13H2,(H,24,27)(H,25,26)/t14-,15+,16-/m0/s1. The van der Waals surface area contributed by atoms with E-state index in [1.165, 1.54) is 25.7 Å². The lowest BCUT2D eigenvalue weighted by atomic mass is 9.86. The Bertz CT molecular complexity index is 958. The van der Waals surface area contributed by atoms with Crippen LogP contribution in [0.3, 0.4) is 0 Å². The van der Waals surface area contributed by atoms with E-state index in [2.05, 4.69) is 10.6 Å². The van der Waals surface area contributed by atoms with Crippen molar-refractivity contribution in [3.63, 3.8) is 0 Å². The van der Waals surface area contributed by atoms with Gasteiger partial charge in [-0.15, -0.1) is 0 Å². The largest absolute Gasteiger partial charge is 0.454 e. The van der Waals surface area contributed by atoms with Crippen molar-refractivity contribution in [1.82, 2.24) is 0 Å². The molecule has 0 saturated heterocycles. The van der Waals surface area contributed by atoms with Crippen molar-refractivity contribution in [3.05, 3.63) is 48.0 Å². The average molecular weight is 392 g/mol. The Hall–Kier alpha value is -3.02. The van der Waals surface area contributed by atoms with Gasteiger partial charge >= 0.3 is 0 Å². The number of benzene rings is 2. The van der Waals surface area contributed by atoms with Crippen LogP contribution in [0.1, 0.15) is 42.5 Å². The fourth-order valence-corrected chi connectivity index (χ4v) is 5.03. The second kappa shape index (κ2) is 7.43. The Balaban J connectivity index is 1.26. The first-order chi connectivity index (χ1) is 14.2. The molecule has 3 atom stereocenters. The molecule has 2 N–H and O–H groups in total. The summed E-state index contributed by atoms with van der Waals surface area (Å²) >= 11 is 0. The second-order valence-electron chi connectivity index (χ2n) is 8.25. The van der Waals surface area contributed by atoms with Gasteiger partial charge in [0.05, 0.1) is 11.3 Å². The van der Waals surface area contributed by atoms with Gasteiger partial charge in [-0.1, -0.05) is 18.6 Å². The summed E-state index contributed by atoms with van der Waals surface area (Å²) in [5, 5.41) is 5.83. The predicted octanol–water partition coefficient (Wildman–Crippen LogP) is 4.43. The van der Waals surface area contributed by atoms with E-state index in [9.17, 15) is 9.59 Å². The molecule has 150 valence electrons. The monoisotopic (exact) mass is 392 g/mol. The molecule has 2 fully saturated rings. The molecule has 6 heteroatoms. The molecule has 2 aromatic carbocycles. The molecule has 0 aromatic heterocycles. The van der Waals surface area contributed by atoms with Crippen LogP contribution in [-0.2, 0) is 4.79 Å². The van der Waals surface area contributed by atoms with Gasteiger partial charge in [-0.25, -0.2) is 0 Å². The predicted molar refractivity (Wildman–Crippen MR) is 109 cm³/mol. The van der Waals surface area contributed by atoms with Crippen LogP contribution in [0.25, 0.3) is 0 Å². The highest BCUT2D eigenvalue weighted by atomic mass is 16.7. The van der Waals surface area contributed by atoms with Gasteiger partial charge in [0, 0.05) is 18.2 Å². The van der Waals surface area contributed by atoms with Crippen LogP contribution < -0.4 is 20.1 Å². The number of carbonyl (C=O) groups excluding carboxylic acids is 2. The zero-order chi connectivity index (χ0) is 19.8. The van der Waals surface area contributed by atoms with E-state index in [1.807, 2.05) is 6.07 Å². The molecule has 0 spiro atoms. The number of anilines is 2. The maximum Gasteiger partial charge on any atom is 0.257 e. The number of hydrogen-bond acceptors (Lipinski definition) is 4. The Morgan fingerprint density at radius 3 is 2.66 bits per heavy atom. The van der Waals surface area contributed by atoms with Crippen molar-refractivity contribution < 1.29 is 19.1 Å². The summed E-state index contributed by atoms with van der Waals surface area (Å²) in [6.45, 7) is 0.185. The molecule has 0 radical (unpaired) electrons. The number of rotatable bonds is 5. The number of ether oxygens (including phenoxy) is 2. The third-order valence-corrected chi connectivity index (χ3v) is 6.41. The first kappa shape index (κ1) is 18.0. The lowest BCUT2D eigenvalue weighted by molar-refractivity contribution is -0.117. The Morgan fingerprint density at radius 2 is 1.83 bits per heavy atom. The van der Waals surface area contributed by atoms with Gasteiger partial charge < -0.3 is 20.1 Å². The van der Waals surface area contributed by atoms with Gasteiger partial charge in [-0.05, 0) is 61.3 Å². The van der Waals surface area contributed by atoms with Gasteiger partial charge in [0.25, 0.3) is 5.91 Å². The fourth-order valence-electron chi connectivity index (χ4n) is 5.03. The molecule has 6 nitrogen and oxygen atoms in total. The van der Waals surface area contributed by atoms with Gasteiger partial charge in [0.15, 0.2) is 11.5 Å². The summed E-state index contributed by atoms with van der Waals surface area (Å²) in [7, 11) is 0. The minimum Gasteiger partial charge on any atom is -0.454 e. The average Bonchev–Trinajstić information content (AvgIpc) is 3.44. The molecule has 2 aliphatic carbocycles. The zero-order valence-corrected chi connectivity index (χ0v) is 16.1. The van der Waals surface area contributed by atoms with Crippen LogP contribution in [0.15, 0.2) is 42.5 Å². The summed E-state index contributed by atoms with van der Waals surface area (Å²) in [6, 6.07) is 12.4. The normalized spacial score (nSPS) is 23.8. The smallest absolute Gasteiger partial charge is 0.257 e. The first-order valence-electron chi connectivity index (χ1n) is 10.3. The van der Waals surface area contributed by atoms with E-state index < -0.39 is 0 Å². The Labute approximate surface area is 169 Å². The van der Waals surface area contributed by atoms with Crippen LogP contribution in [0.5, 0.6) is 11.5 Å². The SMILES string of the molecule is O=C(C[C@@H]1C[C@H]2CC[C@@H]1C2)Nc1ccccc1C(=O)Nc1ccc2c(c1)OCO2. The highest BCUT2D eigenvalue weighted by Crippen LogP contribution is 2.49. The first-order valence-corrected chi connectivity index (χ1v) is 10.3. The highest BCUT2D eigenvalue weighted by molar-refractivity contribution is 6.10. The van der Waals surface area contributed by atoms with E-state index in [-0.39, 0.29) is 18.6 Å². The lowest BCUT2D eigenvalue weighted by Gasteiger charge is -2.21. The van der Waals surface area contributed by atoms with Crippen LogP contribution in [-0.4, -0.2) is 18.6 Å². The number of nitrogens with one attached hydrogen (secondary N) is 2. The molecule has 2 saturated carbocycles. The van der Waals surface area contributed by atoms with Gasteiger partial charge in [-0.3, -0.25) is 9.59 Å². The molecule has 0 unspecified atom stereocenters.